The number of thiazole rings is 1. The average Bonchev–Trinajstić information content (AvgIpc) is 3.45. The van der Waals surface area contributed by atoms with Gasteiger partial charge >= 0.3 is 0 Å². The van der Waals surface area contributed by atoms with Crippen molar-refractivity contribution in [3.63, 3.8) is 0 Å². The number of anilines is 1. The standard InChI is InChI=1S/C31H27N2S2/c1-3-32-26-19-24(22-11-7-5-8-12-22)15-17-28(26)34-30(32)21-31-33(4-2)27-20-25(16-18-29(27)35-31)23-13-9-6-10-14-23/h5-21H,3-4H2,1-2H3/q+1. The summed E-state index contributed by atoms with van der Waals surface area (Å²) in [5.41, 5.74) is 7.67. The van der Waals surface area contributed by atoms with Crippen LogP contribution in [0.3, 0.4) is 0 Å². The first kappa shape index (κ1) is 22.1. The molecule has 5 aromatic rings. The molecular formula is C31H27N2S2+. The van der Waals surface area contributed by atoms with E-state index < -0.39 is 0 Å². The fraction of sp³-hybridized carbons (Fsp3) is 0.129. The van der Waals surface area contributed by atoms with Crippen LogP contribution in [0.4, 0.5) is 5.69 Å². The van der Waals surface area contributed by atoms with Crippen molar-refractivity contribution in [1.82, 2.24) is 0 Å². The highest BCUT2D eigenvalue weighted by atomic mass is 32.2. The summed E-state index contributed by atoms with van der Waals surface area (Å²) >= 11 is 3.75. The number of rotatable bonds is 5. The third-order valence-electron chi connectivity index (χ3n) is 6.55. The zero-order valence-corrected chi connectivity index (χ0v) is 21.6. The Bertz CT molecular complexity index is 1540. The highest BCUT2D eigenvalue weighted by Crippen LogP contribution is 2.48. The van der Waals surface area contributed by atoms with Gasteiger partial charge < -0.3 is 4.90 Å². The lowest BCUT2D eigenvalue weighted by Crippen LogP contribution is -2.33. The topological polar surface area (TPSA) is 7.12 Å². The Balaban J connectivity index is 1.40. The second-order valence-electron chi connectivity index (χ2n) is 8.61. The third-order valence-corrected chi connectivity index (χ3v) is 8.78. The Labute approximate surface area is 215 Å². The summed E-state index contributed by atoms with van der Waals surface area (Å²) in [5, 5.41) is 2.59. The molecule has 0 saturated carbocycles. The van der Waals surface area contributed by atoms with Crippen LogP contribution in [0.1, 0.15) is 18.9 Å². The van der Waals surface area contributed by atoms with E-state index in [2.05, 4.69) is 126 Å². The van der Waals surface area contributed by atoms with Gasteiger partial charge in [-0.2, -0.15) is 4.57 Å². The van der Waals surface area contributed by atoms with Gasteiger partial charge in [-0.15, -0.1) is 0 Å². The highest BCUT2D eigenvalue weighted by molar-refractivity contribution is 8.03. The molecule has 0 unspecified atom stereocenters. The molecule has 0 N–H and O–H groups in total. The number of aromatic nitrogens is 1. The van der Waals surface area contributed by atoms with E-state index in [1.54, 1.807) is 0 Å². The van der Waals surface area contributed by atoms with Crippen molar-refractivity contribution in [2.75, 3.05) is 11.4 Å². The SMILES string of the molecule is CCN1C(=Cc2sc3ccc(-c4ccccc4)cc3[n+]2CC)Sc2ccc(-c3ccccc3)cc21. The van der Waals surface area contributed by atoms with Gasteiger partial charge in [0.15, 0.2) is 0 Å². The van der Waals surface area contributed by atoms with Gasteiger partial charge in [0.25, 0.3) is 5.01 Å². The van der Waals surface area contributed by atoms with E-state index in [0.717, 1.165) is 13.1 Å². The summed E-state index contributed by atoms with van der Waals surface area (Å²) in [7, 11) is 0. The van der Waals surface area contributed by atoms with Crippen molar-refractivity contribution in [3.05, 3.63) is 107 Å². The first-order valence-corrected chi connectivity index (χ1v) is 13.8. The zero-order valence-electron chi connectivity index (χ0n) is 19.9. The van der Waals surface area contributed by atoms with E-state index in [4.69, 9.17) is 0 Å². The van der Waals surface area contributed by atoms with Crippen molar-refractivity contribution >= 4 is 45.1 Å². The lowest BCUT2D eigenvalue weighted by Gasteiger charge is -2.18. The summed E-state index contributed by atoms with van der Waals surface area (Å²) < 4.78 is 3.78. The molecule has 172 valence electrons. The maximum atomic E-state index is 2.45. The van der Waals surface area contributed by atoms with Gasteiger partial charge in [0.1, 0.15) is 11.2 Å². The van der Waals surface area contributed by atoms with E-state index >= 15 is 0 Å². The van der Waals surface area contributed by atoms with Crippen molar-refractivity contribution in [3.8, 4) is 22.3 Å². The highest BCUT2D eigenvalue weighted by Gasteiger charge is 2.27. The second kappa shape index (κ2) is 9.37. The molecule has 4 aromatic carbocycles. The van der Waals surface area contributed by atoms with E-state index in [1.807, 2.05) is 23.1 Å². The van der Waals surface area contributed by atoms with Gasteiger partial charge in [-0.05, 0) is 54.3 Å². The number of aryl methyl sites for hydroxylation is 1. The summed E-state index contributed by atoms with van der Waals surface area (Å²) in [6, 6.07) is 35.0. The Morgan fingerprint density at radius 2 is 1.40 bits per heavy atom. The number of thioether (sulfide) groups is 1. The molecule has 2 nitrogen and oxygen atoms in total. The molecule has 6 rings (SSSR count). The van der Waals surface area contributed by atoms with Crippen molar-refractivity contribution < 1.29 is 4.57 Å². The minimum Gasteiger partial charge on any atom is -0.335 e. The molecule has 0 radical (unpaired) electrons. The lowest BCUT2D eigenvalue weighted by molar-refractivity contribution is -0.665. The molecule has 0 aliphatic carbocycles. The minimum absolute atomic E-state index is 0.944. The minimum atomic E-state index is 0.944. The molecule has 0 atom stereocenters. The third kappa shape index (κ3) is 4.07. The molecule has 2 heterocycles. The van der Waals surface area contributed by atoms with Crippen LogP contribution in [-0.2, 0) is 6.54 Å². The van der Waals surface area contributed by atoms with Gasteiger partial charge in [0.05, 0.1) is 16.8 Å². The fourth-order valence-corrected chi connectivity index (χ4v) is 7.16. The van der Waals surface area contributed by atoms with Gasteiger partial charge in [0.2, 0.25) is 5.52 Å². The predicted octanol–water partition coefficient (Wildman–Crippen LogP) is 8.47. The quantitative estimate of drug-likeness (QED) is 0.228. The Morgan fingerprint density at radius 3 is 2.06 bits per heavy atom. The van der Waals surface area contributed by atoms with Crippen LogP contribution in [0.15, 0.2) is 107 Å². The van der Waals surface area contributed by atoms with Gasteiger partial charge in [-0.1, -0.05) is 95.9 Å². The van der Waals surface area contributed by atoms with Crippen LogP contribution in [0, 0.1) is 0 Å². The van der Waals surface area contributed by atoms with E-state index in [1.165, 1.54) is 53.1 Å². The Hall–Kier alpha value is -3.34. The molecule has 35 heavy (non-hydrogen) atoms. The molecule has 1 aliphatic rings. The van der Waals surface area contributed by atoms with E-state index in [-0.39, 0.29) is 0 Å². The first-order chi connectivity index (χ1) is 17.2. The van der Waals surface area contributed by atoms with Gasteiger partial charge in [0, 0.05) is 17.5 Å². The smallest absolute Gasteiger partial charge is 0.265 e. The summed E-state index contributed by atoms with van der Waals surface area (Å²) in [4.78, 5) is 3.78. The molecule has 1 aliphatic heterocycles. The Morgan fingerprint density at radius 1 is 0.743 bits per heavy atom. The van der Waals surface area contributed by atoms with Crippen LogP contribution < -0.4 is 9.47 Å². The van der Waals surface area contributed by atoms with Crippen LogP contribution >= 0.6 is 23.1 Å². The number of hydrogen-bond acceptors (Lipinski definition) is 3. The number of benzene rings is 4. The molecule has 0 amide bonds. The van der Waals surface area contributed by atoms with Crippen molar-refractivity contribution in [2.45, 2.75) is 25.3 Å². The van der Waals surface area contributed by atoms with E-state index in [9.17, 15) is 0 Å². The van der Waals surface area contributed by atoms with Crippen LogP contribution in [0.2, 0.25) is 0 Å². The maximum Gasteiger partial charge on any atom is 0.265 e. The van der Waals surface area contributed by atoms with Crippen LogP contribution in [0.25, 0.3) is 38.5 Å². The van der Waals surface area contributed by atoms with Gasteiger partial charge in [-0.25, -0.2) is 0 Å². The summed E-state index contributed by atoms with van der Waals surface area (Å²) in [6.45, 7) is 6.37. The summed E-state index contributed by atoms with van der Waals surface area (Å²) in [5.74, 6) is 0. The predicted molar refractivity (Wildman–Crippen MR) is 152 cm³/mol. The number of hydrogen-bond donors (Lipinski definition) is 0. The largest absolute Gasteiger partial charge is 0.335 e. The Kier molecular flexibility index (Phi) is 5.93. The maximum absolute atomic E-state index is 2.45. The van der Waals surface area contributed by atoms with Crippen LogP contribution in [0.5, 0.6) is 0 Å². The molecule has 1 aromatic heterocycles. The lowest BCUT2D eigenvalue weighted by atomic mass is 10.0. The fourth-order valence-electron chi connectivity index (χ4n) is 4.80. The summed E-state index contributed by atoms with van der Waals surface area (Å²) in [6.07, 6.45) is 2.38. The van der Waals surface area contributed by atoms with Crippen molar-refractivity contribution in [1.29, 1.82) is 0 Å². The average molecular weight is 492 g/mol. The second-order valence-corrected chi connectivity index (χ2v) is 10.7. The zero-order chi connectivity index (χ0) is 23.8. The van der Waals surface area contributed by atoms with Gasteiger partial charge in [-0.3, -0.25) is 0 Å². The molecule has 0 fully saturated rings. The molecular weight excluding hydrogens is 464 g/mol. The number of nitrogens with zero attached hydrogens (tertiary/aromatic N) is 2. The molecule has 4 heteroatoms. The van der Waals surface area contributed by atoms with Crippen molar-refractivity contribution in [2.24, 2.45) is 0 Å². The first-order valence-electron chi connectivity index (χ1n) is 12.1. The van der Waals surface area contributed by atoms with Crippen LogP contribution in [-0.4, -0.2) is 6.54 Å². The van der Waals surface area contributed by atoms with E-state index in [0.29, 0.717) is 0 Å². The monoisotopic (exact) mass is 491 g/mol. The molecule has 0 spiro atoms. The number of fused-ring (bicyclic) bond motifs is 2. The normalized spacial score (nSPS) is 14.1. The molecule has 0 saturated heterocycles. The molecule has 0 bridgehead atoms.